The smallest absolute Gasteiger partial charge is 0.271 e. The molecule has 0 radical (unpaired) electrons. The van der Waals surface area contributed by atoms with Crippen LogP contribution < -0.4 is 10.2 Å². The van der Waals surface area contributed by atoms with Gasteiger partial charge in [0, 0.05) is 25.2 Å². The normalized spacial score (nSPS) is 10.5. The van der Waals surface area contributed by atoms with Gasteiger partial charge >= 0.3 is 0 Å². The molecule has 0 fully saturated rings. The van der Waals surface area contributed by atoms with E-state index in [4.69, 9.17) is 0 Å². The largest absolute Gasteiger partial charge is 0.355 e. The van der Waals surface area contributed by atoms with Crippen molar-refractivity contribution in [3.05, 3.63) is 53.7 Å². The van der Waals surface area contributed by atoms with E-state index in [1.807, 2.05) is 0 Å². The maximum Gasteiger partial charge on any atom is 0.271 e. The van der Waals surface area contributed by atoms with E-state index in [1.54, 1.807) is 24.4 Å². The molecule has 0 atom stereocenters. The number of hydrogen-bond acceptors (Lipinski definition) is 4. The number of amides is 1. The first-order chi connectivity index (χ1) is 11.7. The van der Waals surface area contributed by atoms with Crippen LogP contribution in [0.4, 0.5) is 10.2 Å². The summed E-state index contributed by atoms with van der Waals surface area (Å²) in [6.45, 7) is 6.15. The lowest BCUT2D eigenvalue weighted by molar-refractivity contribution is 0.0945. The van der Waals surface area contributed by atoms with Gasteiger partial charge in [-0.3, -0.25) is 4.79 Å². The van der Waals surface area contributed by atoms with Crippen LogP contribution in [-0.2, 0) is 6.54 Å². The van der Waals surface area contributed by atoms with E-state index in [1.165, 1.54) is 12.3 Å². The molecule has 1 N–H and O–H groups in total. The van der Waals surface area contributed by atoms with E-state index >= 15 is 0 Å². The highest BCUT2D eigenvalue weighted by Crippen LogP contribution is 2.11. The molecule has 0 aliphatic heterocycles. The summed E-state index contributed by atoms with van der Waals surface area (Å²) in [5, 5.41) is 2.66. The van der Waals surface area contributed by atoms with Crippen LogP contribution in [-0.4, -0.2) is 29.0 Å². The Hall–Kier alpha value is -2.50. The number of rotatable bonds is 8. The number of aromatic nitrogens is 2. The topological polar surface area (TPSA) is 58.1 Å². The van der Waals surface area contributed by atoms with Gasteiger partial charge in [-0.05, 0) is 18.9 Å². The third-order valence-electron chi connectivity index (χ3n) is 3.58. The zero-order valence-corrected chi connectivity index (χ0v) is 14.1. The Morgan fingerprint density at radius 1 is 1.12 bits per heavy atom. The van der Waals surface area contributed by atoms with Gasteiger partial charge in [-0.15, -0.1) is 0 Å². The lowest BCUT2D eigenvalue weighted by Gasteiger charge is -2.22. The molecule has 1 heterocycles. The molecular formula is C18H23FN4O. The maximum absolute atomic E-state index is 13.5. The van der Waals surface area contributed by atoms with E-state index in [9.17, 15) is 9.18 Å². The van der Waals surface area contributed by atoms with Gasteiger partial charge in [0.15, 0.2) is 0 Å². The molecule has 0 aliphatic carbocycles. The Kier molecular flexibility index (Phi) is 6.66. The first-order valence-corrected chi connectivity index (χ1v) is 8.24. The first kappa shape index (κ1) is 17.8. The molecule has 0 unspecified atom stereocenters. The van der Waals surface area contributed by atoms with Gasteiger partial charge in [-0.2, -0.15) is 0 Å². The van der Waals surface area contributed by atoms with Crippen molar-refractivity contribution in [2.24, 2.45) is 0 Å². The summed E-state index contributed by atoms with van der Waals surface area (Å²) in [5.74, 6) is 0.0631. The van der Waals surface area contributed by atoms with Crippen molar-refractivity contribution >= 4 is 11.7 Å². The van der Waals surface area contributed by atoms with Crippen molar-refractivity contribution in [1.82, 2.24) is 15.3 Å². The number of halogens is 1. The molecule has 0 bridgehead atoms. The highest BCUT2D eigenvalue weighted by Gasteiger charge is 2.11. The number of carbonyl (C=O) groups excluding carboxylic acids is 1. The highest BCUT2D eigenvalue weighted by molar-refractivity contribution is 5.91. The van der Waals surface area contributed by atoms with Crippen LogP contribution in [0, 0.1) is 5.82 Å². The second-order valence-corrected chi connectivity index (χ2v) is 5.52. The summed E-state index contributed by atoms with van der Waals surface area (Å²) in [5.41, 5.74) is 0.663. The molecule has 1 aromatic carbocycles. The van der Waals surface area contributed by atoms with E-state index < -0.39 is 0 Å². The fourth-order valence-electron chi connectivity index (χ4n) is 2.39. The van der Waals surface area contributed by atoms with Crippen molar-refractivity contribution in [2.75, 3.05) is 18.0 Å². The van der Waals surface area contributed by atoms with Crippen molar-refractivity contribution in [1.29, 1.82) is 0 Å². The lowest BCUT2D eigenvalue weighted by Crippen LogP contribution is -2.27. The molecule has 0 spiro atoms. The Bertz CT molecular complexity index is 654. The first-order valence-electron chi connectivity index (χ1n) is 8.24. The van der Waals surface area contributed by atoms with Crippen LogP contribution in [0.3, 0.4) is 0 Å². The fourth-order valence-corrected chi connectivity index (χ4v) is 2.39. The van der Waals surface area contributed by atoms with Crippen LogP contribution in [0.2, 0.25) is 0 Å². The van der Waals surface area contributed by atoms with E-state index in [2.05, 4.69) is 34.0 Å². The summed E-state index contributed by atoms with van der Waals surface area (Å²) in [7, 11) is 0. The minimum absolute atomic E-state index is 0.118. The molecule has 2 aromatic rings. The Morgan fingerprint density at radius 3 is 2.42 bits per heavy atom. The zero-order chi connectivity index (χ0) is 17.4. The second kappa shape index (κ2) is 8.96. The van der Waals surface area contributed by atoms with Crippen molar-refractivity contribution in [3.8, 4) is 0 Å². The molecule has 1 amide bonds. The molecule has 128 valence electrons. The number of benzene rings is 1. The summed E-state index contributed by atoms with van der Waals surface area (Å²) in [4.78, 5) is 22.8. The van der Waals surface area contributed by atoms with Gasteiger partial charge in [0.2, 0.25) is 0 Å². The van der Waals surface area contributed by atoms with Gasteiger partial charge < -0.3 is 10.2 Å². The predicted molar refractivity (Wildman–Crippen MR) is 92.4 cm³/mol. The minimum Gasteiger partial charge on any atom is -0.355 e. The number of nitrogens with one attached hydrogen (secondary N) is 1. The zero-order valence-electron chi connectivity index (χ0n) is 14.1. The van der Waals surface area contributed by atoms with Gasteiger partial charge in [0.1, 0.15) is 17.3 Å². The quantitative estimate of drug-likeness (QED) is 0.808. The molecule has 2 rings (SSSR count). The van der Waals surface area contributed by atoms with Crippen LogP contribution in [0.15, 0.2) is 36.7 Å². The average Bonchev–Trinajstić information content (AvgIpc) is 2.61. The van der Waals surface area contributed by atoms with Crippen molar-refractivity contribution < 1.29 is 9.18 Å². The van der Waals surface area contributed by atoms with Crippen molar-refractivity contribution in [2.45, 2.75) is 33.2 Å². The van der Waals surface area contributed by atoms with Gasteiger partial charge in [0.25, 0.3) is 5.91 Å². The van der Waals surface area contributed by atoms with Crippen LogP contribution in [0.25, 0.3) is 0 Å². The predicted octanol–water partition coefficient (Wildman–Crippen LogP) is 3.17. The minimum atomic E-state index is -0.366. The summed E-state index contributed by atoms with van der Waals surface area (Å²) in [6, 6.07) is 6.35. The van der Waals surface area contributed by atoms with E-state index in [0.29, 0.717) is 5.56 Å². The molecule has 24 heavy (non-hydrogen) atoms. The second-order valence-electron chi connectivity index (χ2n) is 5.52. The van der Waals surface area contributed by atoms with Gasteiger partial charge in [-0.25, -0.2) is 14.4 Å². The van der Waals surface area contributed by atoms with Gasteiger partial charge in [0.05, 0.1) is 12.4 Å². The van der Waals surface area contributed by atoms with E-state index in [-0.39, 0.29) is 24.0 Å². The molecule has 0 saturated carbocycles. The Balaban J connectivity index is 1.99. The molecule has 5 nitrogen and oxygen atoms in total. The SMILES string of the molecule is CCCN(CCC)c1cnc(C(=O)NCc2ccccc2F)cn1. The number of carbonyl (C=O) groups is 1. The molecule has 1 aromatic heterocycles. The molecule has 0 saturated heterocycles. The van der Waals surface area contributed by atoms with Gasteiger partial charge in [-0.1, -0.05) is 32.0 Å². The Labute approximate surface area is 141 Å². The Morgan fingerprint density at radius 2 is 1.83 bits per heavy atom. The average molecular weight is 330 g/mol. The third kappa shape index (κ3) is 4.75. The van der Waals surface area contributed by atoms with Crippen molar-refractivity contribution in [3.63, 3.8) is 0 Å². The standard InChI is InChI=1S/C18H23FN4O/c1-3-9-23(10-4-2)17-13-20-16(12-21-17)18(24)22-11-14-7-5-6-8-15(14)19/h5-8,12-13H,3-4,9-11H2,1-2H3,(H,22,24). The lowest BCUT2D eigenvalue weighted by atomic mass is 10.2. The fraction of sp³-hybridized carbons (Fsp3) is 0.389. The number of hydrogen-bond donors (Lipinski definition) is 1. The van der Waals surface area contributed by atoms with E-state index in [0.717, 1.165) is 31.7 Å². The van der Waals surface area contributed by atoms with Crippen LogP contribution in [0.1, 0.15) is 42.7 Å². The number of nitrogens with zero attached hydrogens (tertiary/aromatic N) is 3. The van der Waals surface area contributed by atoms with Crippen LogP contribution in [0.5, 0.6) is 0 Å². The summed E-state index contributed by atoms with van der Waals surface area (Å²) in [6.07, 6.45) is 5.12. The summed E-state index contributed by atoms with van der Waals surface area (Å²) < 4.78 is 13.5. The summed E-state index contributed by atoms with van der Waals surface area (Å²) >= 11 is 0. The number of anilines is 1. The monoisotopic (exact) mass is 330 g/mol. The highest BCUT2D eigenvalue weighted by atomic mass is 19.1. The molecule has 0 aliphatic rings. The molecule has 6 heteroatoms. The maximum atomic E-state index is 13.5. The molecular weight excluding hydrogens is 307 g/mol. The van der Waals surface area contributed by atoms with Crippen LogP contribution >= 0.6 is 0 Å². The third-order valence-corrected chi connectivity index (χ3v) is 3.58.